The van der Waals surface area contributed by atoms with Gasteiger partial charge in [-0.25, -0.2) is 13.1 Å². The summed E-state index contributed by atoms with van der Waals surface area (Å²) in [7, 11) is -3.61. The molecule has 0 saturated heterocycles. The Morgan fingerprint density at radius 1 is 1.17 bits per heavy atom. The van der Waals surface area contributed by atoms with E-state index in [1.165, 1.54) is 12.1 Å². The number of nitrogens with one attached hydrogen (secondary N) is 2. The molecule has 2 N–H and O–H groups in total. The molecule has 1 aliphatic heterocycles. The summed E-state index contributed by atoms with van der Waals surface area (Å²) in [5.74, 6) is 0.694. The maximum atomic E-state index is 12.4. The highest BCUT2D eigenvalue weighted by molar-refractivity contribution is 7.89. The SMILES string of the molecule is CCCCNS(=O)(=O)c1cccc(NC(=O)Cc2cc(Cl)c3c(c2)OCCO3)c1. The van der Waals surface area contributed by atoms with Crippen molar-refractivity contribution in [2.24, 2.45) is 0 Å². The largest absolute Gasteiger partial charge is 0.486 e. The van der Waals surface area contributed by atoms with E-state index in [-0.39, 0.29) is 17.2 Å². The molecule has 0 radical (unpaired) electrons. The van der Waals surface area contributed by atoms with Crippen LogP contribution < -0.4 is 19.5 Å². The summed E-state index contributed by atoms with van der Waals surface area (Å²) in [5.41, 5.74) is 1.07. The molecule has 0 fully saturated rings. The second-order valence-corrected chi connectivity index (χ2v) is 8.78. The Morgan fingerprint density at radius 3 is 2.76 bits per heavy atom. The van der Waals surface area contributed by atoms with Crippen molar-refractivity contribution in [2.75, 3.05) is 25.1 Å². The van der Waals surface area contributed by atoms with Crippen molar-refractivity contribution in [3.05, 3.63) is 47.0 Å². The summed E-state index contributed by atoms with van der Waals surface area (Å²) in [6.45, 7) is 3.21. The molecular formula is C20H23ClN2O5S. The Labute approximate surface area is 175 Å². The third kappa shape index (κ3) is 5.62. The molecule has 2 aromatic carbocycles. The third-order valence-corrected chi connectivity index (χ3v) is 6.01. The predicted octanol–water partition coefficient (Wildman–Crippen LogP) is 3.37. The van der Waals surface area contributed by atoms with Crippen LogP contribution in [0.1, 0.15) is 25.3 Å². The van der Waals surface area contributed by atoms with E-state index in [2.05, 4.69) is 10.0 Å². The van der Waals surface area contributed by atoms with Crippen LogP contribution in [0.4, 0.5) is 5.69 Å². The maximum Gasteiger partial charge on any atom is 0.240 e. The van der Waals surface area contributed by atoms with Gasteiger partial charge in [0.25, 0.3) is 0 Å². The van der Waals surface area contributed by atoms with Crippen molar-refractivity contribution in [1.29, 1.82) is 0 Å². The summed E-state index contributed by atoms with van der Waals surface area (Å²) in [4.78, 5) is 12.5. The highest BCUT2D eigenvalue weighted by Crippen LogP contribution is 2.38. The Kier molecular flexibility index (Phi) is 7.00. The number of fused-ring (bicyclic) bond motifs is 1. The molecule has 0 aromatic heterocycles. The fourth-order valence-electron chi connectivity index (χ4n) is 2.86. The number of unbranched alkanes of at least 4 members (excludes halogenated alkanes) is 1. The van der Waals surface area contributed by atoms with Gasteiger partial charge in [-0.2, -0.15) is 0 Å². The number of rotatable bonds is 8. The van der Waals surface area contributed by atoms with Crippen LogP contribution >= 0.6 is 11.6 Å². The van der Waals surface area contributed by atoms with Crippen molar-refractivity contribution < 1.29 is 22.7 Å². The van der Waals surface area contributed by atoms with Gasteiger partial charge in [0.2, 0.25) is 15.9 Å². The lowest BCUT2D eigenvalue weighted by molar-refractivity contribution is -0.115. The summed E-state index contributed by atoms with van der Waals surface area (Å²) < 4.78 is 38.2. The summed E-state index contributed by atoms with van der Waals surface area (Å²) >= 11 is 6.20. The number of halogens is 1. The second-order valence-electron chi connectivity index (χ2n) is 6.61. The van der Waals surface area contributed by atoms with E-state index in [0.717, 1.165) is 12.8 Å². The van der Waals surface area contributed by atoms with E-state index in [0.29, 0.717) is 47.5 Å². The molecule has 7 nitrogen and oxygen atoms in total. The van der Waals surface area contributed by atoms with Crippen molar-refractivity contribution >= 4 is 33.2 Å². The van der Waals surface area contributed by atoms with Gasteiger partial charge >= 0.3 is 0 Å². The quantitative estimate of drug-likeness (QED) is 0.616. The number of amides is 1. The molecule has 9 heteroatoms. The zero-order chi connectivity index (χ0) is 20.9. The van der Waals surface area contributed by atoms with Crippen LogP contribution in [0.15, 0.2) is 41.3 Å². The number of carbonyl (C=O) groups excluding carboxylic acids is 1. The fraction of sp³-hybridized carbons (Fsp3) is 0.350. The molecule has 1 aliphatic rings. The van der Waals surface area contributed by atoms with Crippen LogP contribution in [0.3, 0.4) is 0 Å². The lowest BCUT2D eigenvalue weighted by Gasteiger charge is -2.20. The van der Waals surface area contributed by atoms with E-state index >= 15 is 0 Å². The van der Waals surface area contributed by atoms with Crippen molar-refractivity contribution in [3.63, 3.8) is 0 Å². The van der Waals surface area contributed by atoms with E-state index in [1.807, 2.05) is 6.92 Å². The molecule has 1 heterocycles. The molecule has 156 valence electrons. The van der Waals surface area contributed by atoms with Crippen LogP contribution in [0.5, 0.6) is 11.5 Å². The first-order chi connectivity index (χ1) is 13.9. The van der Waals surface area contributed by atoms with Gasteiger partial charge < -0.3 is 14.8 Å². The van der Waals surface area contributed by atoms with Crippen LogP contribution in [-0.4, -0.2) is 34.1 Å². The number of benzene rings is 2. The summed E-state index contributed by atoms with van der Waals surface area (Å²) in [6, 6.07) is 9.53. The van der Waals surface area contributed by atoms with E-state index in [9.17, 15) is 13.2 Å². The first kappa shape index (κ1) is 21.4. The zero-order valence-electron chi connectivity index (χ0n) is 16.0. The molecule has 29 heavy (non-hydrogen) atoms. The Balaban J connectivity index is 1.68. The van der Waals surface area contributed by atoms with E-state index < -0.39 is 10.0 Å². The third-order valence-electron chi connectivity index (χ3n) is 4.27. The molecule has 0 spiro atoms. The number of sulfonamides is 1. The minimum atomic E-state index is -3.61. The average molecular weight is 439 g/mol. The number of hydrogen-bond donors (Lipinski definition) is 2. The fourth-order valence-corrected chi connectivity index (χ4v) is 4.27. The molecule has 0 aliphatic carbocycles. The van der Waals surface area contributed by atoms with Gasteiger partial charge in [0.15, 0.2) is 11.5 Å². The van der Waals surface area contributed by atoms with Gasteiger partial charge in [-0.15, -0.1) is 0 Å². The van der Waals surface area contributed by atoms with Crippen LogP contribution in [-0.2, 0) is 21.2 Å². The number of ether oxygens (including phenoxy) is 2. The standard InChI is InChI=1S/C20H23ClN2O5S/c1-2-3-7-22-29(25,26)16-6-4-5-15(13-16)23-19(24)12-14-10-17(21)20-18(11-14)27-8-9-28-20/h4-6,10-11,13,22H,2-3,7-9,12H2,1H3,(H,23,24). The van der Waals surface area contributed by atoms with Gasteiger partial charge in [0.1, 0.15) is 13.2 Å². The van der Waals surface area contributed by atoms with E-state index in [1.54, 1.807) is 24.3 Å². The normalized spacial score (nSPS) is 13.2. The minimum Gasteiger partial charge on any atom is -0.486 e. The van der Waals surface area contributed by atoms with Gasteiger partial charge in [-0.3, -0.25) is 4.79 Å². The van der Waals surface area contributed by atoms with Crippen LogP contribution in [0, 0.1) is 0 Å². The average Bonchev–Trinajstić information content (AvgIpc) is 2.68. The molecular weight excluding hydrogens is 416 g/mol. The zero-order valence-corrected chi connectivity index (χ0v) is 17.6. The van der Waals surface area contributed by atoms with E-state index in [4.69, 9.17) is 21.1 Å². The molecule has 2 aromatic rings. The maximum absolute atomic E-state index is 12.4. The molecule has 1 amide bonds. The van der Waals surface area contributed by atoms with Crippen molar-refractivity contribution in [1.82, 2.24) is 4.72 Å². The lowest BCUT2D eigenvalue weighted by Crippen LogP contribution is -2.25. The molecule has 0 unspecified atom stereocenters. The van der Waals surface area contributed by atoms with Crippen molar-refractivity contribution in [3.8, 4) is 11.5 Å². The summed E-state index contributed by atoms with van der Waals surface area (Å²) in [5, 5.41) is 3.11. The summed E-state index contributed by atoms with van der Waals surface area (Å²) in [6.07, 6.45) is 1.71. The van der Waals surface area contributed by atoms with Crippen LogP contribution in [0.25, 0.3) is 0 Å². The second kappa shape index (κ2) is 9.47. The monoisotopic (exact) mass is 438 g/mol. The predicted molar refractivity (Wildman–Crippen MR) is 111 cm³/mol. The molecule has 0 saturated carbocycles. The highest BCUT2D eigenvalue weighted by Gasteiger charge is 2.18. The molecule has 3 rings (SSSR count). The first-order valence-corrected chi connectivity index (χ1v) is 11.2. The van der Waals surface area contributed by atoms with Gasteiger partial charge in [-0.1, -0.05) is 31.0 Å². The lowest BCUT2D eigenvalue weighted by atomic mass is 10.1. The Bertz CT molecular complexity index is 994. The van der Waals surface area contributed by atoms with Crippen molar-refractivity contribution in [2.45, 2.75) is 31.1 Å². The first-order valence-electron chi connectivity index (χ1n) is 9.36. The van der Waals surface area contributed by atoms with Crippen LogP contribution in [0.2, 0.25) is 5.02 Å². The smallest absolute Gasteiger partial charge is 0.240 e. The highest BCUT2D eigenvalue weighted by atomic mass is 35.5. The Hall–Kier alpha value is -2.29. The van der Waals surface area contributed by atoms with Gasteiger partial charge in [-0.05, 0) is 42.3 Å². The minimum absolute atomic E-state index is 0.0576. The topological polar surface area (TPSA) is 93.7 Å². The van der Waals surface area contributed by atoms with Gasteiger partial charge in [0, 0.05) is 12.2 Å². The number of anilines is 1. The molecule has 0 atom stereocenters. The Morgan fingerprint density at radius 2 is 1.97 bits per heavy atom. The molecule has 0 bridgehead atoms. The number of hydrogen-bond acceptors (Lipinski definition) is 5. The van der Waals surface area contributed by atoms with Gasteiger partial charge in [0.05, 0.1) is 16.3 Å². The number of carbonyl (C=O) groups is 1.